The number of methoxy groups -OCH3 is 2. The fraction of sp³-hybridized carbons (Fsp3) is 0.368. The molecule has 0 saturated carbocycles. The van der Waals surface area contributed by atoms with E-state index in [9.17, 15) is 9.59 Å². The van der Waals surface area contributed by atoms with E-state index in [-0.39, 0.29) is 12.5 Å². The zero-order valence-corrected chi connectivity index (χ0v) is 15.5. The number of hydrogen-bond donors (Lipinski definition) is 0. The van der Waals surface area contributed by atoms with E-state index in [0.29, 0.717) is 30.3 Å². The van der Waals surface area contributed by atoms with Crippen molar-refractivity contribution < 1.29 is 23.8 Å². The maximum Gasteiger partial charge on any atom is 0.355 e. The van der Waals surface area contributed by atoms with Gasteiger partial charge in [-0.2, -0.15) is 0 Å². The molecule has 0 fully saturated rings. The first kappa shape index (κ1) is 19.4. The monoisotopic (exact) mass is 360 g/mol. The summed E-state index contributed by atoms with van der Waals surface area (Å²) in [6.45, 7) is 2.45. The summed E-state index contributed by atoms with van der Waals surface area (Å²) < 4.78 is 17.3. The van der Waals surface area contributed by atoms with Crippen LogP contribution in [0, 0.1) is 0 Å². The average Bonchev–Trinajstić information content (AvgIpc) is 3.09. The molecule has 0 aliphatic rings. The number of carbonyl (C=O) groups is 2. The van der Waals surface area contributed by atoms with Gasteiger partial charge in [0, 0.05) is 26.3 Å². The zero-order chi connectivity index (χ0) is 19.1. The summed E-state index contributed by atoms with van der Waals surface area (Å²) in [6, 6.07) is 8.88. The molecule has 0 unspecified atom stereocenters. The summed E-state index contributed by atoms with van der Waals surface area (Å²) in [5.41, 5.74) is 1.30. The molecule has 0 aliphatic heterocycles. The molecule has 2 rings (SSSR count). The van der Waals surface area contributed by atoms with Gasteiger partial charge in [-0.3, -0.25) is 4.79 Å². The SMILES string of the molecule is CCN(Cc1ccc(OC)c(OC)c1)C(=O)COC(=O)c1cccn1C. The molecule has 0 radical (unpaired) electrons. The number of nitrogens with zero attached hydrogens (tertiary/aromatic N) is 2. The third-order valence-corrected chi connectivity index (χ3v) is 4.04. The summed E-state index contributed by atoms with van der Waals surface area (Å²) in [4.78, 5) is 26.0. The normalized spacial score (nSPS) is 10.3. The van der Waals surface area contributed by atoms with Crippen molar-refractivity contribution in [3.8, 4) is 11.5 Å². The molecule has 0 bridgehead atoms. The number of likely N-dealkylation sites (N-methyl/N-ethyl adjacent to an activating group) is 1. The Hall–Kier alpha value is -2.96. The van der Waals surface area contributed by atoms with Crippen molar-refractivity contribution in [2.75, 3.05) is 27.4 Å². The maximum absolute atomic E-state index is 12.4. The van der Waals surface area contributed by atoms with Crippen molar-refractivity contribution in [2.24, 2.45) is 7.05 Å². The summed E-state index contributed by atoms with van der Waals surface area (Å²) in [6.07, 6.45) is 1.74. The van der Waals surface area contributed by atoms with Gasteiger partial charge in [0.15, 0.2) is 18.1 Å². The van der Waals surface area contributed by atoms with Gasteiger partial charge in [-0.1, -0.05) is 6.07 Å². The van der Waals surface area contributed by atoms with Gasteiger partial charge in [-0.25, -0.2) is 4.79 Å². The summed E-state index contributed by atoms with van der Waals surface area (Å²) in [5, 5.41) is 0. The lowest BCUT2D eigenvalue weighted by Crippen LogP contribution is -2.34. The van der Waals surface area contributed by atoms with Crippen LogP contribution in [0.1, 0.15) is 23.0 Å². The van der Waals surface area contributed by atoms with Crippen molar-refractivity contribution in [2.45, 2.75) is 13.5 Å². The van der Waals surface area contributed by atoms with Crippen LogP contribution in [-0.4, -0.2) is 48.7 Å². The average molecular weight is 360 g/mol. The number of hydrogen-bond acceptors (Lipinski definition) is 5. The van der Waals surface area contributed by atoms with Gasteiger partial charge >= 0.3 is 5.97 Å². The van der Waals surface area contributed by atoms with Crippen molar-refractivity contribution in [3.63, 3.8) is 0 Å². The number of rotatable bonds is 8. The molecular weight excluding hydrogens is 336 g/mol. The Kier molecular flexibility index (Phi) is 6.66. The molecule has 0 N–H and O–H groups in total. The van der Waals surface area contributed by atoms with E-state index in [0.717, 1.165) is 5.56 Å². The maximum atomic E-state index is 12.4. The van der Waals surface area contributed by atoms with Gasteiger partial charge in [0.2, 0.25) is 0 Å². The van der Waals surface area contributed by atoms with E-state index >= 15 is 0 Å². The molecule has 7 heteroatoms. The van der Waals surface area contributed by atoms with E-state index in [4.69, 9.17) is 14.2 Å². The van der Waals surface area contributed by atoms with Crippen LogP contribution in [0.2, 0.25) is 0 Å². The second kappa shape index (κ2) is 8.94. The standard InChI is InChI=1S/C19H24N2O5/c1-5-21(12-14-8-9-16(24-3)17(11-14)25-4)18(22)13-26-19(23)15-7-6-10-20(15)2/h6-11H,5,12-13H2,1-4H3. The lowest BCUT2D eigenvalue weighted by molar-refractivity contribution is -0.135. The van der Waals surface area contributed by atoms with Crippen LogP contribution in [0.4, 0.5) is 0 Å². The van der Waals surface area contributed by atoms with Gasteiger partial charge in [-0.15, -0.1) is 0 Å². The third-order valence-electron chi connectivity index (χ3n) is 4.04. The molecule has 140 valence electrons. The van der Waals surface area contributed by atoms with Crippen LogP contribution in [-0.2, 0) is 23.1 Å². The molecule has 0 atom stereocenters. The predicted octanol–water partition coefficient (Wildman–Crippen LogP) is 2.25. The highest BCUT2D eigenvalue weighted by Crippen LogP contribution is 2.28. The Bertz CT molecular complexity index is 769. The first-order valence-corrected chi connectivity index (χ1v) is 8.27. The van der Waals surface area contributed by atoms with Crippen LogP contribution in [0.5, 0.6) is 11.5 Å². The minimum atomic E-state index is -0.520. The Labute approximate surface area is 153 Å². The number of aromatic nitrogens is 1. The molecular formula is C19H24N2O5. The van der Waals surface area contributed by atoms with E-state index in [1.807, 2.05) is 19.1 Å². The molecule has 1 aromatic heterocycles. The Morgan fingerprint density at radius 2 is 1.85 bits per heavy atom. The second-order valence-electron chi connectivity index (χ2n) is 5.68. The molecule has 1 amide bonds. The zero-order valence-electron chi connectivity index (χ0n) is 15.5. The van der Waals surface area contributed by atoms with Gasteiger partial charge in [0.1, 0.15) is 5.69 Å². The first-order chi connectivity index (χ1) is 12.5. The predicted molar refractivity (Wildman–Crippen MR) is 96.3 cm³/mol. The van der Waals surface area contributed by atoms with E-state index < -0.39 is 5.97 Å². The molecule has 2 aromatic rings. The smallest absolute Gasteiger partial charge is 0.355 e. The van der Waals surface area contributed by atoms with E-state index in [1.54, 1.807) is 55.1 Å². The van der Waals surface area contributed by atoms with Crippen LogP contribution < -0.4 is 9.47 Å². The molecule has 0 aliphatic carbocycles. The van der Waals surface area contributed by atoms with E-state index in [1.165, 1.54) is 0 Å². The Morgan fingerprint density at radius 3 is 2.42 bits per heavy atom. The van der Waals surface area contributed by atoms with Crippen LogP contribution in [0.25, 0.3) is 0 Å². The summed E-state index contributed by atoms with van der Waals surface area (Å²) >= 11 is 0. The van der Waals surface area contributed by atoms with Crippen molar-refractivity contribution in [3.05, 3.63) is 47.8 Å². The number of amides is 1. The van der Waals surface area contributed by atoms with Crippen molar-refractivity contribution >= 4 is 11.9 Å². The molecule has 26 heavy (non-hydrogen) atoms. The Morgan fingerprint density at radius 1 is 1.12 bits per heavy atom. The van der Waals surface area contributed by atoms with Crippen molar-refractivity contribution in [1.29, 1.82) is 0 Å². The number of aryl methyl sites for hydroxylation is 1. The van der Waals surface area contributed by atoms with Crippen LogP contribution >= 0.6 is 0 Å². The van der Waals surface area contributed by atoms with Crippen LogP contribution in [0.3, 0.4) is 0 Å². The van der Waals surface area contributed by atoms with Crippen molar-refractivity contribution in [1.82, 2.24) is 9.47 Å². The van der Waals surface area contributed by atoms with Gasteiger partial charge in [0.05, 0.1) is 14.2 Å². The first-order valence-electron chi connectivity index (χ1n) is 8.27. The number of carbonyl (C=O) groups excluding carboxylic acids is 2. The van der Waals surface area contributed by atoms with Gasteiger partial charge in [-0.05, 0) is 36.8 Å². The minimum absolute atomic E-state index is 0.259. The second-order valence-corrected chi connectivity index (χ2v) is 5.68. The number of benzene rings is 1. The fourth-order valence-corrected chi connectivity index (χ4v) is 2.54. The fourth-order valence-electron chi connectivity index (χ4n) is 2.54. The number of ether oxygens (including phenoxy) is 3. The highest BCUT2D eigenvalue weighted by molar-refractivity contribution is 5.89. The highest BCUT2D eigenvalue weighted by Gasteiger charge is 2.17. The van der Waals surface area contributed by atoms with Gasteiger partial charge < -0.3 is 23.7 Å². The molecule has 7 nitrogen and oxygen atoms in total. The van der Waals surface area contributed by atoms with Crippen LogP contribution in [0.15, 0.2) is 36.5 Å². The lowest BCUT2D eigenvalue weighted by atomic mass is 10.2. The number of esters is 1. The molecule has 1 aromatic carbocycles. The minimum Gasteiger partial charge on any atom is -0.493 e. The Balaban J connectivity index is 1.98. The topological polar surface area (TPSA) is 70.0 Å². The molecule has 1 heterocycles. The summed E-state index contributed by atoms with van der Waals surface area (Å²) in [7, 11) is 4.88. The lowest BCUT2D eigenvalue weighted by Gasteiger charge is -2.21. The molecule has 0 spiro atoms. The highest BCUT2D eigenvalue weighted by atomic mass is 16.5. The third kappa shape index (κ3) is 4.56. The quantitative estimate of drug-likeness (QED) is 0.675. The van der Waals surface area contributed by atoms with Gasteiger partial charge in [0.25, 0.3) is 5.91 Å². The molecule has 0 saturated heterocycles. The van der Waals surface area contributed by atoms with E-state index in [2.05, 4.69) is 0 Å². The largest absolute Gasteiger partial charge is 0.493 e. The summed E-state index contributed by atoms with van der Waals surface area (Å²) in [5.74, 6) is 0.448.